The van der Waals surface area contributed by atoms with Crippen molar-refractivity contribution in [3.05, 3.63) is 28.5 Å². The van der Waals surface area contributed by atoms with Gasteiger partial charge in [-0.2, -0.15) is 0 Å². The normalized spacial score (nSPS) is 20.8. The van der Waals surface area contributed by atoms with E-state index < -0.39 is 15.8 Å². The molecule has 0 saturated carbocycles. The molecule has 1 saturated heterocycles. The highest BCUT2D eigenvalue weighted by molar-refractivity contribution is 9.10. The highest BCUT2D eigenvalue weighted by Gasteiger charge is 2.28. The number of sulfonamides is 1. The molecule has 112 valence electrons. The van der Waals surface area contributed by atoms with Crippen LogP contribution in [0.2, 0.25) is 0 Å². The molecule has 0 radical (unpaired) electrons. The molecule has 7 heteroatoms. The van der Waals surface area contributed by atoms with Crippen LogP contribution in [0.3, 0.4) is 0 Å². The monoisotopic (exact) mass is 364 g/mol. The molecule has 2 rings (SSSR count). The minimum atomic E-state index is -3.59. The maximum absolute atomic E-state index is 13.1. The van der Waals surface area contributed by atoms with E-state index in [1.807, 2.05) is 7.05 Å². The number of halogens is 2. The van der Waals surface area contributed by atoms with Gasteiger partial charge in [0.25, 0.3) is 0 Å². The van der Waals surface area contributed by atoms with Crippen LogP contribution in [0.5, 0.6) is 0 Å². The Morgan fingerprint density at radius 1 is 1.50 bits per heavy atom. The molecule has 0 aromatic heterocycles. The van der Waals surface area contributed by atoms with E-state index in [0.29, 0.717) is 12.5 Å². The Bertz CT molecular complexity index is 594. The van der Waals surface area contributed by atoms with Gasteiger partial charge < -0.3 is 4.90 Å². The first-order valence-corrected chi connectivity index (χ1v) is 8.64. The van der Waals surface area contributed by atoms with Gasteiger partial charge in [-0.3, -0.25) is 0 Å². The third kappa shape index (κ3) is 3.39. The maximum Gasteiger partial charge on any atom is 0.243 e. The zero-order valence-electron chi connectivity index (χ0n) is 11.5. The standard InChI is InChI=1S/C13H18BrFN2O2S/c1-16-6-5-10(8-16)9-17(2)20(18,19)13-4-3-11(15)7-12(13)14/h3-4,7,10H,5-6,8-9H2,1-2H3. The van der Waals surface area contributed by atoms with E-state index in [1.165, 1.54) is 16.4 Å². The molecule has 0 bridgehead atoms. The summed E-state index contributed by atoms with van der Waals surface area (Å²) < 4.78 is 39.7. The highest BCUT2D eigenvalue weighted by Crippen LogP contribution is 2.26. The quantitative estimate of drug-likeness (QED) is 0.821. The predicted octanol–water partition coefficient (Wildman–Crippen LogP) is 2.16. The Kier molecular flexibility index (Phi) is 4.84. The third-order valence-corrected chi connectivity index (χ3v) is 6.39. The zero-order chi connectivity index (χ0) is 14.9. The van der Waals surface area contributed by atoms with Gasteiger partial charge in [0.2, 0.25) is 10.0 Å². The van der Waals surface area contributed by atoms with Crippen molar-refractivity contribution >= 4 is 26.0 Å². The van der Waals surface area contributed by atoms with E-state index in [1.54, 1.807) is 7.05 Å². The largest absolute Gasteiger partial charge is 0.306 e. The average Bonchev–Trinajstić information content (AvgIpc) is 2.74. The van der Waals surface area contributed by atoms with Crippen LogP contribution in [-0.4, -0.2) is 51.4 Å². The summed E-state index contributed by atoms with van der Waals surface area (Å²) >= 11 is 3.12. The molecule has 1 aromatic carbocycles. The lowest BCUT2D eigenvalue weighted by atomic mass is 10.1. The lowest BCUT2D eigenvalue weighted by Crippen LogP contribution is -2.33. The number of hydrogen-bond donors (Lipinski definition) is 0. The molecule has 1 heterocycles. The van der Waals surface area contributed by atoms with Gasteiger partial charge >= 0.3 is 0 Å². The molecule has 1 aromatic rings. The van der Waals surface area contributed by atoms with Crippen LogP contribution < -0.4 is 0 Å². The SMILES string of the molecule is CN1CCC(CN(C)S(=O)(=O)c2ccc(F)cc2Br)C1. The van der Waals surface area contributed by atoms with Gasteiger partial charge in [-0.15, -0.1) is 0 Å². The van der Waals surface area contributed by atoms with Crippen LogP contribution >= 0.6 is 15.9 Å². The molecule has 1 aliphatic rings. The average molecular weight is 365 g/mol. The van der Waals surface area contributed by atoms with Gasteiger partial charge in [0.1, 0.15) is 5.82 Å². The summed E-state index contributed by atoms with van der Waals surface area (Å²) in [7, 11) is 0.0156. The van der Waals surface area contributed by atoms with Crippen LogP contribution in [-0.2, 0) is 10.0 Å². The summed E-state index contributed by atoms with van der Waals surface area (Å²) in [5.41, 5.74) is 0. The summed E-state index contributed by atoms with van der Waals surface area (Å²) in [6, 6.07) is 3.63. The predicted molar refractivity (Wildman–Crippen MR) is 79.5 cm³/mol. The molecule has 4 nitrogen and oxygen atoms in total. The molecule has 1 aliphatic heterocycles. The highest BCUT2D eigenvalue weighted by atomic mass is 79.9. The smallest absolute Gasteiger partial charge is 0.243 e. The van der Waals surface area contributed by atoms with Crippen molar-refractivity contribution in [1.29, 1.82) is 0 Å². The minimum absolute atomic E-state index is 0.104. The second-order valence-electron chi connectivity index (χ2n) is 5.28. The molecule has 20 heavy (non-hydrogen) atoms. The van der Waals surface area contributed by atoms with Crippen molar-refractivity contribution in [1.82, 2.24) is 9.21 Å². The van der Waals surface area contributed by atoms with E-state index >= 15 is 0 Å². The lowest BCUT2D eigenvalue weighted by molar-refractivity contribution is 0.356. The first-order valence-electron chi connectivity index (χ1n) is 6.40. The van der Waals surface area contributed by atoms with Crippen LogP contribution in [0.15, 0.2) is 27.6 Å². The fourth-order valence-corrected chi connectivity index (χ4v) is 4.74. The summed E-state index contributed by atoms with van der Waals surface area (Å²) in [6.45, 7) is 2.39. The van der Waals surface area contributed by atoms with Crippen molar-refractivity contribution in [2.45, 2.75) is 11.3 Å². The number of rotatable bonds is 4. The topological polar surface area (TPSA) is 40.6 Å². The third-order valence-electron chi connectivity index (χ3n) is 3.59. The van der Waals surface area contributed by atoms with Crippen LogP contribution in [0.25, 0.3) is 0 Å². The van der Waals surface area contributed by atoms with Crippen molar-refractivity contribution in [2.24, 2.45) is 5.92 Å². The van der Waals surface area contributed by atoms with Crippen LogP contribution in [0.1, 0.15) is 6.42 Å². The molecule has 1 atom stereocenters. The number of hydrogen-bond acceptors (Lipinski definition) is 3. The lowest BCUT2D eigenvalue weighted by Gasteiger charge is -2.21. The van der Waals surface area contributed by atoms with E-state index in [0.717, 1.165) is 25.6 Å². The van der Waals surface area contributed by atoms with Gasteiger partial charge in [-0.1, -0.05) is 0 Å². The molecule has 0 aliphatic carbocycles. The van der Waals surface area contributed by atoms with Gasteiger partial charge in [-0.05, 0) is 60.1 Å². The molecular weight excluding hydrogens is 347 g/mol. The van der Waals surface area contributed by atoms with Crippen molar-refractivity contribution in [3.8, 4) is 0 Å². The number of benzene rings is 1. The Morgan fingerprint density at radius 3 is 2.75 bits per heavy atom. The molecule has 0 spiro atoms. The van der Waals surface area contributed by atoms with Gasteiger partial charge in [-0.25, -0.2) is 17.1 Å². The zero-order valence-corrected chi connectivity index (χ0v) is 13.9. The number of likely N-dealkylation sites (tertiary alicyclic amines) is 1. The van der Waals surface area contributed by atoms with Crippen molar-refractivity contribution in [3.63, 3.8) is 0 Å². The van der Waals surface area contributed by atoms with Gasteiger partial charge in [0.05, 0.1) is 4.90 Å². The fraction of sp³-hybridized carbons (Fsp3) is 0.538. The van der Waals surface area contributed by atoms with E-state index in [2.05, 4.69) is 20.8 Å². The Balaban J connectivity index is 2.17. The van der Waals surface area contributed by atoms with E-state index in [9.17, 15) is 12.8 Å². The Hall–Kier alpha value is -0.500. The Labute approximate surface area is 127 Å². The first kappa shape index (κ1) is 15.9. The summed E-state index contributed by atoms with van der Waals surface area (Å²) in [5.74, 6) is -0.116. The van der Waals surface area contributed by atoms with Crippen LogP contribution in [0.4, 0.5) is 4.39 Å². The molecular formula is C13H18BrFN2O2S. The van der Waals surface area contributed by atoms with E-state index in [4.69, 9.17) is 0 Å². The summed E-state index contributed by atoms with van der Waals surface area (Å²) in [6.07, 6.45) is 1.00. The van der Waals surface area contributed by atoms with Crippen molar-refractivity contribution in [2.75, 3.05) is 33.7 Å². The van der Waals surface area contributed by atoms with Gasteiger partial charge in [0, 0.05) is 24.6 Å². The maximum atomic E-state index is 13.1. The molecule has 1 fully saturated rings. The van der Waals surface area contributed by atoms with Gasteiger partial charge in [0.15, 0.2) is 0 Å². The molecule has 0 amide bonds. The first-order chi connectivity index (χ1) is 9.30. The molecule has 0 N–H and O–H groups in total. The minimum Gasteiger partial charge on any atom is -0.306 e. The van der Waals surface area contributed by atoms with E-state index in [-0.39, 0.29) is 9.37 Å². The Morgan fingerprint density at radius 2 is 2.20 bits per heavy atom. The summed E-state index contributed by atoms with van der Waals surface area (Å²) in [5, 5.41) is 0. The second kappa shape index (κ2) is 6.09. The molecule has 1 unspecified atom stereocenters. The van der Waals surface area contributed by atoms with Crippen LogP contribution in [0, 0.1) is 11.7 Å². The van der Waals surface area contributed by atoms with Crippen molar-refractivity contribution < 1.29 is 12.8 Å². The second-order valence-corrected chi connectivity index (χ2v) is 8.14. The number of nitrogens with zero attached hydrogens (tertiary/aromatic N) is 2. The fourth-order valence-electron chi connectivity index (χ4n) is 2.49. The summed E-state index contributed by atoms with van der Waals surface area (Å²) in [4.78, 5) is 2.30.